The molecule has 2 fully saturated rings. The molecule has 2 N–H and O–H groups in total. The van der Waals surface area contributed by atoms with Gasteiger partial charge >= 0.3 is 5.97 Å². The van der Waals surface area contributed by atoms with Gasteiger partial charge in [-0.3, -0.25) is 4.79 Å². The highest BCUT2D eigenvalue weighted by Crippen LogP contribution is 2.35. The van der Waals surface area contributed by atoms with Gasteiger partial charge in [0.1, 0.15) is 5.54 Å². The third-order valence-corrected chi connectivity index (χ3v) is 4.90. The molecule has 2 rings (SSSR count). The Hall–Kier alpha value is -0.220. The fourth-order valence-corrected chi connectivity index (χ4v) is 4.01. The van der Waals surface area contributed by atoms with Crippen LogP contribution in [0.1, 0.15) is 38.5 Å². The van der Waals surface area contributed by atoms with Gasteiger partial charge in [0.05, 0.1) is 0 Å². The molecule has 0 amide bonds. The van der Waals surface area contributed by atoms with Crippen molar-refractivity contribution in [1.29, 1.82) is 0 Å². The van der Waals surface area contributed by atoms with Crippen LogP contribution in [-0.4, -0.2) is 34.2 Å². The van der Waals surface area contributed by atoms with Gasteiger partial charge in [0.25, 0.3) is 0 Å². The highest BCUT2D eigenvalue weighted by atomic mass is 32.2. The van der Waals surface area contributed by atoms with E-state index in [0.29, 0.717) is 5.25 Å². The Labute approximate surface area is 95.0 Å². The number of hydrogen-bond donors (Lipinski definition) is 2. The van der Waals surface area contributed by atoms with E-state index >= 15 is 0 Å². The maximum absolute atomic E-state index is 11.4. The molecule has 2 saturated heterocycles. The second-order valence-electron chi connectivity index (χ2n) is 4.61. The number of rotatable bonds is 3. The van der Waals surface area contributed by atoms with Gasteiger partial charge in [0.2, 0.25) is 0 Å². The van der Waals surface area contributed by atoms with Crippen LogP contribution in [0.15, 0.2) is 0 Å². The van der Waals surface area contributed by atoms with Crippen molar-refractivity contribution < 1.29 is 9.90 Å². The molecule has 2 aliphatic heterocycles. The van der Waals surface area contributed by atoms with Crippen LogP contribution in [0.4, 0.5) is 0 Å². The van der Waals surface area contributed by atoms with Crippen molar-refractivity contribution in [3.05, 3.63) is 0 Å². The summed E-state index contributed by atoms with van der Waals surface area (Å²) in [5.41, 5.74) is -0.611. The summed E-state index contributed by atoms with van der Waals surface area (Å²) in [6, 6.07) is 0. The number of carbonyl (C=O) groups is 1. The molecule has 4 heteroatoms. The maximum Gasteiger partial charge on any atom is 0.323 e. The fraction of sp³-hybridized carbons (Fsp3) is 0.909. The number of carboxylic acid groups (broad SMARTS) is 1. The topological polar surface area (TPSA) is 49.3 Å². The Kier molecular flexibility index (Phi) is 3.57. The van der Waals surface area contributed by atoms with Crippen LogP contribution in [0.3, 0.4) is 0 Å². The highest BCUT2D eigenvalue weighted by molar-refractivity contribution is 8.00. The smallest absolute Gasteiger partial charge is 0.323 e. The summed E-state index contributed by atoms with van der Waals surface area (Å²) < 4.78 is 0. The molecule has 15 heavy (non-hydrogen) atoms. The van der Waals surface area contributed by atoms with Gasteiger partial charge in [-0.15, -0.1) is 0 Å². The molecule has 0 aromatic rings. The summed E-state index contributed by atoms with van der Waals surface area (Å²) in [4.78, 5) is 11.4. The highest BCUT2D eigenvalue weighted by Gasteiger charge is 2.41. The van der Waals surface area contributed by atoms with Gasteiger partial charge in [-0.1, -0.05) is 0 Å². The number of nitrogens with one attached hydrogen (secondary N) is 1. The minimum Gasteiger partial charge on any atom is -0.480 e. The van der Waals surface area contributed by atoms with Gasteiger partial charge < -0.3 is 10.4 Å². The first-order valence-electron chi connectivity index (χ1n) is 5.83. The minimum absolute atomic E-state index is 0.562. The zero-order chi connectivity index (χ0) is 10.7. The second kappa shape index (κ2) is 4.74. The summed E-state index contributed by atoms with van der Waals surface area (Å²) in [6.07, 6.45) is 6.24. The number of thioether (sulfide) groups is 1. The third kappa shape index (κ3) is 2.48. The molecular formula is C11H19NO2S. The molecular weight excluding hydrogens is 210 g/mol. The molecule has 2 atom stereocenters. The van der Waals surface area contributed by atoms with E-state index in [-0.39, 0.29) is 0 Å². The summed E-state index contributed by atoms with van der Waals surface area (Å²) >= 11 is 1.95. The Morgan fingerprint density at radius 3 is 2.87 bits per heavy atom. The fourth-order valence-electron chi connectivity index (χ4n) is 2.61. The molecule has 0 radical (unpaired) electrons. The van der Waals surface area contributed by atoms with Crippen molar-refractivity contribution in [3.8, 4) is 0 Å². The van der Waals surface area contributed by atoms with Crippen LogP contribution < -0.4 is 5.32 Å². The number of piperidine rings is 1. The van der Waals surface area contributed by atoms with Crippen LogP contribution in [0, 0.1) is 0 Å². The van der Waals surface area contributed by atoms with E-state index < -0.39 is 11.5 Å². The van der Waals surface area contributed by atoms with E-state index in [1.165, 1.54) is 18.6 Å². The molecule has 0 aromatic heterocycles. The van der Waals surface area contributed by atoms with Gasteiger partial charge in [-0.2, -0.15) is 11.8 Å². The number of aliphatic carboxylic acids is 1. The van der Waals surface area contributed by atoms with Crippen molar-refractivity contribution >= 4 is 17.7 Å². The summed E-state index contributed by atoms with van der Waals surface area (Å²) in [6.45, 7) is 0.865. The monoisotopic (exact) mass is 229 g/mol. The van der Waals surface area contributed by atoms with Gasteiger partial charge in [0, 0.05) is 5.25 Å². The summed E-state index contributed by atoms with van der Waals surface area (Å²) in [5, 5.41) is 13.2. The molecule has 0 aliphatic carbocycles. The largest absolute Gasteiger partial charge is 0.480 e. The van der Waals surface area contributed by atoms with Crippen LogP contribution in [-0.2, 0) is 4.79 Å². The first-order valence-corrected chi connectivity index (χ1v) is 6.88. The van der Waals surface area contributed by atoms with Gasteiger partial charge in [-0.25, -0.2) is 0 Å². The van der Waals surface area contributed by atoms with E-state index in [2.05, 4.69) is 5.32 Å². The predicted octanol–water partition coefficient (Wildman–Crippen LogP) is 1.87. The van der Waals surface area contributed by atoms with E-state index in [4.69, 9.17) is 0 Å². The Morgan fingerprint density at radius 2 is 2.33 bits per heavy atom. The molecule has 2 unspecified atom stereocenters. The van der Waals surface area contributed by atoms with Crippen molar-refractivity contribution in [1.82, 2.24) is 5.32 Å². The average molecular weight is 229 g/mol. The molecule has 2 aliphatic rings. The quantitative estimate of drug-likeness (QED) is 0.775. The van der Waals surface area contributed by atoms with Gasteiger partial charge in [0.15, 0.2) is 0 Å². The maximum atomic E-state index is 11.4. The number of hydrogen-bond acceptors (Lipinski definition) is 3. The molecule has 2 heterocycles. The van der Waals surface area contributed by atoms with Crippen molar-refractivity contribution in [3.63, 3.8) is 0 Å². The van der Waals surface area contributed by atoms with Crippen LogP contribution in [0.5, 0.6) is 0 Å². The first-order chi connectivity index (χ1) is 7.23. The minimum atomic E-state index is -0.644. The SMILES string of the molecule is O=C(O)C1(CC2CCCS2)CCCCN1. The second-order valence-corrected chi connectivity index (χ2v) is 6.02. The van der Waals surface area contributed by atoms with Crippen LogP contribution in [0.2, 0.25) is 0 Å². The molecule has 0 saturated carbocycles. The lowest BCUT2D eigenvalue weighted by Gasteiger charge is -2.36. The molecule has 0 aromatic carbocycles. The average Bonchev–Trinajstić information content (AvgIpc) is 2.71. The van der Waals surface area contributed by atoms with Crippen molar-refractivity contribution in [2.45, 2.75) is 49.3 Å². The van der Waals surface area contributed by atoms with E-state index in [0.717, 1.165) is 32.2 Å². The van der Waals surface area contributed by atoms with E-state index in [1.807, 2.05) is 11.8 Å². The van der Waals surface area contributed by atoms with Crippen molar-refractivity contribution in [2.24, 2.45) is 0 Å². The van der Waals surface area contributed by atoms with Gasteiger partial charge in [-0.05, 0) is 50.8 Å². The van der Waals surface area contributed by atoms with Crippen LogP contribution >= 0.6 is 11.8 Å². The predicted molar refractivity (Wildman–Crippen MR) is 62.3 cm³/mol. The van der Waals surface area contributed by atoms with E-state index in [9.17, 15) is 9.90 Å². The normalized spacial score (nSPS) is 36.7. The van der Waals surface area contributed by atoms with Crippen molar-refractivity contribution in [2.75, 3.05) is 12.3 Å². The lowest BCUT2D eigenvalue weighted by atomic mass is 9.84. The summed E-state index contributed by atoms with van der Waals surface area (Å²) in [7, 11) is 0. The zero-order valence-electron chi connectivity index (χ0n) is 9.00. The zero-order valence-corrected chi connectivity index (χ0v) is 9.81. The first kappa shape index (κ1) is 11.3. The Morgan fingerprint density at radius 1 is 1.47 bits per heavy atom. The molecule has 86 valence electrons. The molecule has 3 nitrogen and oxygen atoms in total. The lowest BCUT2D eigenvalue weighted by Crippen LogP contribution is -2.55. The molecule has 0 spiro atoms. The standard InChI is InChI=1S/C11H19NO2S/c13-10(14)11(5-1-2-6-12-11)8-9-4-3-7-15-9/h9,12H,1-8H2,(H,13,14). The Bertz CT molecular complexity index is 233. The lowest BCUT2D eigenvalue weighted by molar-refractivity contribution is -0.146. The Balaban J connectivity index is 2.00. The van der Waals surface area contributed by atoms with Crippen LogP contribution in [0.25, 0.3) is 0 Å². The number of carboxylic acids is 1. The third-order valence-electron chi connectivity index (χ3n) is 3.50. The van der Waals surface area contributed by atoms with E-state index in [1.54, 1.807) is 0 Å². The molecule has 0 bridgehead atoms. The summed E-state index contributed by atoms with van der Waals surface area (Å²) in [5.74, 6) is 0.565.